The number of phosphoric acid groups is 1. The standard InChI is InChI=1S/C59H97N14O21P3S5/c1-59(2,102-101-34-90-27-13-14-35-28-73(58(82)72-52(35)60)48-24-23-36(92-48)29-91-96(86,87)94-97(88,89)93-95(83,84)85)33-63-54(78)38(65-47(76)22-8-5-19-44-51-41(32-100-44)68-57(81)71-51)16-10-12-26-62-53(77)37(64-46(75)21-7-4-18-43-50-40(31-99-43)67-56(80)70-50)15-9-11-25-61-45(74)20-6-3-17-42-49-39(30-98-42)66-55(79)69-49/h28,36-44,48-51,54,63,78,83-87H,3-12,15-27,29-34H2,1-2H3,(H11-2,60,61,62,64,65,66,67,68,69,70,71,72,74,75,76,77,79,80,81,82,88,89)/p+2/t36-,37?,38?,39?,40?,41?,42?,43?,44?,48+,49?,50?,51?,54?/m0/s1. The van der Waals surface area contributed by atoms with Crippen LogP contribution in [0.15, 0.2) is 11.0 Å². The minimum Gasteiger partial charge on any atom is -0.382 e. The number of fused-ring (bicyclic) bond motifs is 3. The first-order chi connectivity index (χ1) is 48.5. The number of amides is 10. The van der Waals surface area contributed by atoms with Gasteiger partial charge in [-0.25, -0.2) is 23.7 Å². The van der Waals surface area contributed by atoms with Gasteiger partial charge in [-0.3, -0.25) is 34.0 Å². The number of nitrogens with two attached hydrogens (primary N) is 1. The Hall–Kier alpha value is -3.75. The summed E-state index contributed by atoms with van der Waals surface area (Å²) in [6.07, 6.45) is 9.43. The minimum absolute atomic E-state index is 0.0431. The Bertz CT molecular complexity index is 3190. The molecule has 13 unspecified atom stereocenters. The maximum Gasteiger partial charge on any atom is 0.580 e. The van der Waals surface area contributed by atoms with E-state index in [1.807, 2.05) is 49.1 Å². The quantitative estimate of drug-likeness (QED) is 0.0111. The number of hydrogen-bond donors (Lipinski definition) is 19. The highest BCUT2D eigenvalue weighted by molar-refractivity contribution is 8.77. The largest absolute Gasteiger partial charge is 0.580 e. The summed E-state index contributed by atoms with van der Waals surface area (Å²) in [6.45, 7) is 4.28. The van der Waals surface area contributed by atoms with E-state index in [1.165, 1.54) is 27.8 Å². The van der Waals surface area contributed by atoms with Crippen molar-refractivity contribution in [2.75, 3.05) is 61.8 Å². The molecular weight excluding hydrogens is 1490 g/mol. The molecule has 35 nitrogen and oxygen atoms in total. The summed E-state index contributed by atoms with van der Waals surface area (Å²) in [4.78, 5) is 162. The number of aliphatic hydroxyl groups excluding tert-OH is 1. The lowest BCUT2D eigenvalue weighted by Gasteiger charge is -2.30. The van der Waals surface area contributed by atoms with Crippen LogP contribution in [0.5, 0.6) is 0 Å². The molecule has 20 N–H and O–H groups in total. The monoisotopic (exact) mass is 1590 g/mol. The molecule has 8 rings (SSSR count). The molecule has 7 aliphatic rings. The SMILES string of the molecule is CC(C)(CNC(O)C(CCCCNC(=O)C(CCCCNC(=O)CCCCC1SCC2NC(=O)NC21)NC(=O)CCCCC1SCC2NC(=O)NC21)NC(=O)CCCCC1SCC2NC(=O)NC21)SSCOCC#Cc1cn([C@H]2CC[C@@H](CO[P+](O)(O)OP(=O)(O)O[P+](O)(O)O)O2)c(=O)nc1N. The Labute approximate surface area is 613 Å². The maximum absolute atomic E-state index is 13.9. The number of urea groups is 3. The highest BCUT2D eigenvalue weighted by atomic mass is 33.1. The number of nitrogens with zero attached hydrogens (tertiary/aromatic N) is 2. The summed E-state index contributed by atoms with van der Waals surface area (Å²) in [5.74, 6) is 7.41. The molecule has 10 amide bonds. The highest BCUT2D eigenvalue weighted by Gasteiger charge is 2.57. The van der Waals surface area contributed by atoms with Gasteiger partial charge in [-0.2, -0.15) is 69.3 Å². The Kier molecular flexibility index (Phi) is 33.3. The summed E-state index contributed by atoms with van der Waals surface area (Å²) in [5, 5.41) is 45.7. The van der Waals surface area contributed by atoms with Gasteiger partial charge in [0.1, 0.15) is 43.5 Å². The summed E-state index contributed by atoms with van der Waals surface area (Å²) in [7, 11) is -13.2. The van der Waals surface area contributed by atoms with Gasteiger partial charge >= 0.3 is 47.9 Å². The van der Waals surface area contributed by atoms with Gasteiger partial charge in [-0.15, -0.1) is 0 Å². The summed E-state index contributed by atoms with van der Waals surface area (Å²) >= 11 is 5.47. The zero-order valence-electron chi connectivity index (χ0n) is 56.9. The van der Waals surface area contributed by atoms with Crippen LogP contribution in [-0.2, 0) is 46.4 Å². The third-order valence-corrected chi connectivity index (χ3v) is 29.2. The fourth-order valence-corrected chi connectivity index (χ4v) is 22.7. The molecule has 7 saturated heterocycles. The van der Waals surface area contributed by atoms with Crippen molar-refractivity contribution in [1.29, 1.82) is 0 Å². The van der Waals surface area contributed by atoms with Crippen molar-refractivity contribution in [1.82, 2.24) is 68.0 Å². The number of anilines is 1. The number of rotatable bonds is 45. The van der Waals surface area contributed by atoms with E-state index in [-0.39, 0.29) is 145 Å². The zero-order chi connectivity index (χ0) is 73.6. The minimum atomic E-state index is -5.60. The van der Waals surface area contributed by atoms with E-state index in [4.69, 9.17) is 34.4 Å². The molecule has 574 valence electrons. The molecule has 0 saturated carbocycles. The third-order valence-electron chi connectivity index (χ3n) is 17.9. The second-order valence-corrected chi connectivity index (χ2v) is 37.8. The molecule has 0 spiro atoms. The zero-order valence-corrected chi connectivity index (χ0v) is 63.6. The van der Waals surface area contributed by atoms with E-state index in [9.17, 15) is 62.7 Å². The van der Waals surface area contributed by atoms with Crippen molar-refractivity contribution in [2.24, 2.45) is 0 Å². The number of carbonyl (C=O) groups is 7. The average molecular weight is 1590 g/mol. The van der Waals surface area contributed by atoms with Gasteiger partial charge in [-0.05, 0) is 112 Å². The van der Waals surface area contributed by atoms with E-state index in [1.54, 1.807) is 0 Å². The van der Waals surface area contributed by atoms with Crippen molar-refractivity contribution in [3.63, 3.8) is 0 Å². The Morgan fingerprint density at radius 1 is 0.745 bits per heavy atom. The predicted molar refractivity (Wildman–Crippen MR) is 389 cm³/mol. The van der Waals surface area contributed by atoms with E-state index in [2.05, 4.69) is 83.9 Å². The average Bonchev–Trinajstić information content (AvgIpc) is 1.65. The van der Waals surface area contributed by atoms with Crippen LogP contribution in [-0.4, -0.2) is 223 Å². The smallest absolute Gasteiger partial charge is 0.382 e. The molecule has 8 heterocycles. The second-order valence-electron chi connectivity index (χ2n) is 26.5. The number of thioether (sulfide) groups is 3. The van der Waals surface area contributed by atoms with Gasteiger partial charge in [0, 0.05) is 82.8 Å². The van der Waals surface area contributed by atoms with Crippen LogP contribution >= 0.6 is 81.0 Å². The highest BCUT2D eigenvalue weighted by Crippen LogP contribution is 2.71. The lowest BCUT2D eigenvalue weighted by molar-refractivity contribution is -0.129. The maximum atomic E-state index is 13.9. The van der Waals surface area contributed by atoms with Crippen LogP contribution in [0.2, 0.25) is 0 Å². The number of aliphatic hydroxyl groups is 1. The molecule has 43 heteroatoms. The molecule has 102 heavy (non-hydrogen) atoms. The predicted octanol–water partition coefficient (Wildman–Crippen LogP) is 2.08. The molecule has 15 atom stereocenters. The molecule has 0 aliphatic carbocycles. The van der Waals surface area contributed by atoms with Crippen molar-refractivity contribution >= 4 is 129 Å². The second kappa shape index (κ2) is 40.4. The number of hydrogen-bond acceptors (Lipinski definition) is 28. The van der Waals surface area contributed by atoms with Gasteiger partial charge in [0.25, 0.3) is 0 Å². The topological polar surface area (TPSA) is 518 Å². The molecule has 1 aromatic heterocycles. The van der Waals surface area contributed by atoms with Crippen LogP contribution in [0.4, 0.5) is 20.2 Å². The third kappa shape index (κ3) is 28.1. The summed E-state index contributed by atoms with van der Waals surface area (Å²) in [5.41, 5.74) is 5.41. The molecule has 0 radical (unpaired) electrons. The van der Waals surface area contributed by atoms with Crippen molar-refractivity contribution < 1.29 is 95.2 Å². The number of ether oxygens (including phenoxy) is 2. The van der Waals surface area contributed by atoms with Crippen LogP contribution in [0.1, 0.15) is 154 Å². The molecule has 1 aromatic rings. The van der Waals surface area contributed by atoms with Crippen molar-refractivity contribution in [3.8, 4) is 11.8 Å². The molecule has 0 aromatic carbocycles. The number of aromatic nitrogens is 2. The Morgan fingerprint density at radius 2 is 1.28 bits per heavy atom. The van der Waals surface area contributed by atoms with E-state index >= 15 is 0 Å². The van der Waals surface area contributed by atoms with E-state index in [0.717, 1.165) is 66.8 Å². The van der Waals surface area contributed by atoms with Gasteiger partial charge in [0.15, 0.2) is 0 Å². The normalized spacial score (nSPS) is 25.8. The Morgan fingerprint density at radius 3 is 1.85 bits per heavy atom. The van der Waals surface area contributed by atoms with Gasteiger partial charge in [0.05, 0.1) is 54.0 Å². The van der Waals surface area contributed by atoms with Crippen LogP contribution in [0, 0.1) is 11.8 Å². The Balaban J connectivity index is 0.766. The van der Waals surface area contributed by atoms with Crippen molar-refractivity contribution in [3.05, 3.63) is 22.2 Å². The van der Waals surface area contributed by atoms with Crippen molar-refractivity contribution in [2.45, 2.75) is 230 Å². The van der Waals surface area contributed by atoms with Gasteiger partial charge < -0.3 is 73.5 Å². The first-order valence-electron chi connectivity index (χ1n) is 34.3. The lowest BCUT2D eigenvalue weighted by atomic mass is 10.0. The molecule has 0 bridgehead atoms. The van der Waals surface area contributed by atoms with Crippen LogP contribution < -0.4 is 69.9 Å². The fraction of sp³-hybridized carbons (Fsp3) is 0.780. The lowest BCUT2D eigenvalue weighted by Crippen LogP contribution is -2.52. The van der Waals surface area contributed by atoms with Crippen LogP contribution in [0.25, 0.3) is 0 Å². The number of carbonyl (C=O) groups excluding carboxylic acids is 7. The van der Waals surface area contributed by atoms with E-state index in [0.29, 0.717) is 76.1 Å². The first-order valence-corrected chi connectivity index (χ1v) is 44.4. The summed E-state index contributed by atoms with van der Waals surface area (Å²) < 4.78 is 36.5. The number of unbranched alkanes of at least 4 members (excludes halogenated alkanes) is 5. The number of nitrogen functional groups attached to an aromatic ring is 1. The van der Waals surface area contributed by atoms with Gasteiger partial charge in [0.2, 0.25) is 23.6 Å². The molecular formula is C59H99N14O21P3S5+2. The summed E-state index contributed by atoms with van der Waals surface area (Å²) in [6, 6.07) is -1.34. The number of nitrogens with one attached hydrogen (secondary N) is 11. The van der Waals surface area contributed by atoms with Gasteiger partial charge in [-0.1, -0.05) is 52.7 Å². The molecule has 7 fully saturated rings. The first kappa shape index (κ1) is 83.9. The molecule has 7 aliphatic heterocycles. The fourth-order valence-electron chi connectivity index (χ4n) is 12.8. The van der Waals surface area contributed by atoms with E-state index < -0.39 is 71.9 Å². The van der Waals surface area contributed by atoms with Crippen LogP contribution in [0.3, 0.4) is 0 Å².